The van der Waals surface area contributed by atoms with Crippen LogP contribution in [0.2, 0.25) is 0 Å². The van der Waals surface area contributed by atoms with Gasteiger partial charge in [-0.2, -0.15) is 0 Å². The SMILES string of the molecule is CC1NC(=O)NC(=O)C1CC(=O)Nc1ccc2c(c1)NC(=O)CO2. The summed E-state index contributed by atoms with van der Waals surface area (Å²) in [6.07, 6.45) is -0.0762. The molecule has 0 spiro atoms. The van der Waals surface area contributed by atoms with E-state index >= 15 is 0 Å². The van der Waals surface area contributed by atoms with Crippen LogP contribution in [0.1, 0.15) is 13.3 Å². The van der Waals surface area contributed by atoms with Gasteiger partial charge in [0, 0.05) is 18.2 Å². The molecule has 2 aliphatic heterocycles. The fourth-order valence-electron chi connectivity index (χ4n) is 2.62. The highest BCUT2D eigenvalue weighted by molar-refractivity contribution is 6.02. The van der Waals surface area contributed by atoms with E-state index in [2.05, 4.69) is 21.3 Å². The van der Waals surface area contributed by atoms with Crippen LogP contribution in [-0.4, -0.2) is 36.4 Å². The van der Waals surface area contributed by atoms with Gasteiger partial charge in [-0.05, 0) is 25.1 Å². The normalized spacial score (nSPS) is 22.5. The number of amides is 5. The first kappa shape index (κ1) is 15.8. The number of urea groups is 1. The Morgan fingerprint density at radius 2 is 2.08 bits per heavy atom. The van der Waals surface area contributed by atoms with Crippen molar-refractivity contribution in [2.45, 2.75) is 19.4 Å². The van der Waals surface area contributed by atoms with Gasteiger partial charge in [-0.1, -0.05) is 0 Å². The second-order valence-electron chi connectivity index (χ2n) is 5.66. The summed E-state index contributed by atoms with van der Waals surface area (Å²) in [5.41, 5.74) is 0.942. The highest BCUT2D eigenvalue weighted by Gasteiger charge is 2.34. The summed E-state index contributed by atoms with van der Waals surface area (Å²) in [5, 5.41) is 10.0. The van der Waals surface area contributed by atoms with Gasteiger partial charge in [0.25, 0.3) is 5.91 Å². The molecule has 2 aliphatic rings. The lowest BCUT2D eigenvalue weighted by Gasteiger charge is -2.28. The molecule has 0 aromatic heterocycles. The van der Waals surface area contributed by atoms with Crippen molar-refractivity contribution in [2.75, 3.05) is 17.2 Å². The molecule has 3 rings (SSSR count). The quantitative estimate of drug-likeness (QED) is 0.629. The molecule has 0 bridgehead atoms. The van der Waals surface area contributed by atoms with Gasteiger partial charge in [0.05, 0.1) is 11.6 Å². The number of rotatable bonds is 3. The van der Waals surface area contributed by atoms with Crippen LogP contribution in [0.3, 0.4) is 0 Å². The molecule has 9 heteroatoms. The molecule has 1 saturated heterocycles. The summed E-state index contributed by atoms with van der Waals surface area (Å²) in [6.45, 7) is 1.62. The highest BCUT2D eigenvalue weighted by Crippen LogP contribution is 2.30. The standard InChI is InChI=1S/C15H16N4O5/c1-7-9(14(22)19-15(23)16-7)5-12(20)17-8-2-3-11-10(4-8)18-13(21)6-24-11/h2-4,7,9H,5-6H2,1H3,(H,17,20)(H,18,21)(H2,16,19,22,23). The molecule has 9 nitrogen and oxygen atoms in total. The molecule has 1 aromatic rings. The molecule has 5 amide bonds. The zero-order valence-corrected chi connectivity index (χ0v) is 12.8. The van der Waals surface area contributed by atoms with Crippen LogP contribution in [0.4, 0.5) is 16.2 Å². The number of imide groups is 1. The van der Waals surface area contributed by atoms with Gasteiger partial charge in [-0.25, -0.2) is 4.79 Å². The second kappa shape index (κ2) is 6.19. The maximum absolute atomic E-state index is 12.2. The van der Waals surface area contributed by atoms with Crippen LogP contribution < -0.4 is 26.0 Å². The molecular formula is C15H16N4O5. The number of hydrogen-bond acceptors (Lipinski definition) is 5. The third kappa shape index (κ3) is 3.29. The Morgan fingerprint density at radius 3 is 2.83 bits per heavy atom. The Balaban J connectivity index is 1.65. The lowest BCUT2D eigenvalue weighted by Crippen LogP contribution is -2.57. The largest absolute Gasteiger partial charge is 0.482 e. The number of carbonyl (C=O) groups excluding carboxylic acids is 4. The van der Waals surface area contributed by atoms with E-state index in [0.717, 1.165) is 0 Å². The molecule has 126 valence electrons. The van der Waals surface area contributed by atoms with Crippen LogP contribution in [0, 0.1) is 5.92 Å². The van der Waals surface area contributed by atoms with E-state index in [1.165, 1.54) is 0 Å². The van der Waals surface area contributed by atoms with Crippen molar-refractivity contribution >= 4 is 35.1 Å². The Labute approximate surface area is 137 Å². The molecule has 24 heavy (non-hydrogen) atoms. The van der Waals surface area contributed by atoms with E-state index in [1.807, 2.05) is 0 Å². The Hall–Kier alpha value is -3.10. The van der Waals surface area contributed by atoms with E-state index in [9.17, 15) is 19.2 Å². The maximum atomic E-state index is 12.2. The van der Waals surface area contributed by atoms with Crippen LogP contribution in [0.15, 0.2) is 18.2 Å². The molecule has 4 N–H and O–H groups in total. The Kier molecular flexibility index (Phi) is 4.07. The summed E-state index contributed by atoms with van der Waals surface area (Å²) in [4.78, 5) is 46.5. The lowest BCUT2D eigenvalue weighted by atomic mass is 9.94. The minimum atomic E-state index is -0.650. The van der Waals surface area contributed by atoms with Gasteiger partial charge in [0.15, 0.2) is 6.61 Å². The lowest BCUT2D eigenvalue weighted by molar-refractivity contribution is -0.129. The molecule has 2 unspecified atom stereocenters. The average Bonchev–Trinajstić information content (AvgIpc) is 2.50. The smallest absolute Gasteiger partial charge is 0.321 e. The van der Waals surface area contributed by atoms with Crippen molar-refractivity contribution in [1.82, 2.24) is 10.6 Å². The van der Waals surface area contributed by atoms with E-state index in [-0.39, 0.29) is 24.8 Å². The minimum Gasteiger partial charge on any atom is -0.482 e. The third-order valence-electron chi connectivity index (χ3n) is 3.84. The molecule has 0 saturated carbocycles. The summed E-state index contributed by atoms with van der Waals surface area (Å²) in [5.74, 6) is -1.25. The summed E-state index contributed by atoms with van der Waals surface area (Å²) in [6, 6.07) is 3.86. The molecule has 1 fully saturated rings. The molecule has 0 radical (unpaired) electrons. The second-order valence-corrected chi connectivity index (χ2v) is 5.66. The average molecular weight is 332 g/mol. The Morgan fingerprint density at radius 1 is 1.29 bits per heavy atom. The van der Waals surface area contributed by atoms with Gasteiger partial charge in [0.2, 0.25) is 11.8 Å². The van der Waals surface area contributed by atoms with Crippen LogP contribution in [0.5, 0.6) is 5.75 Å². The highest BCUT2D eigenvalue weighted by atomic mass is 16.5. The topological polar surface area (TPSA) is 126 Å². The maximum Gasteiger partial charge on any atom is 0.321 e. The van der Waals surface area contributed by atoms with Crippen molar-refractivity contribution < 1.29 is 23.9 Å². The fourth-order valence-corrected chi connectivity index (χ4v) is 2.62. The molecular weight excluding hydrogens is 316 g/mol. The van der Waals surface area contributed by atoms with Crippen LogP contribution in [-0.2, 0) is 14.4 Å². The first-order valence-electron chi connectivity index (χ1n) is 7.40. The van der Waals surface area contributed by atoms with Crippen molar-refractivity contribution in [1.29, 1.82) is 0 Å². The number of nitrogens with one attached hydrogen (secondary N) is 4. The van der Waals surface area contributed by atoms with Crippen LogP contribution in [0.25, 0.3) is 0 Å². The number of anilines is 2. The number of carbonyl (C=O) groups is 4. The predicted octanol–water partition coefficient (Wildman–Crippen LogP) is 0.190. The monoisotopic (exact) mass is 332 g/mol. The van der Waals surface area contributed by atoms with Crippen molar-refractivity contribution in [2.24, 2.45) is 5.92 Å². The zero-order valence-electron chi connectivity index (χ0n) is 12.8. The molecule has 0 aliphatic carbocycles. The van der Waals surface area contributed by atoms with Crippen molar-refractivity contribution in [3.63, 3.8) is 0 Å². The van der Waals surface area contributed by atoms with Gasteiger partial charge in [-0.3, -0.25) is 19.7 Å². The van der Waals surface area contributed by atoms with Gasteiger partial charge < -0.3 is 20.7 Å². The Bertz CT molecular complexity index is 733. The number of benzene rings is 1. The van der Waals surface area contributed by atoms with Crippen LogP contribution >= 0.6 is 0 Å². The van der Waals surface area contributed by atoms with Crippen molar-refractivity contribution in [3.05, 3.63) is 18.2 Å². The van der Waals surface area contributed by atoms with E-state index < -0.39 is 23.9 Å². The van der Waals surface area contributed by atoms with Gasteiger partial charge >= 0.3 is 6.03 Å². The fraction of sp³-hybridized carbons (Fsp3) is 0.333. The molecule has 2 heterocycles. The number of fused-ring (bicyclic) bond motifs is 1. The summed E-state index contributed by atoms with van der Waals surface area (Å²) >= 11 is 0. The minimum absolute atomic E-state index is 0.0426. The zero-order chi connectivity index (χ0) is 17.3. The van der Waals surface area contributed by atoms with Gasteiger partial charge in [-0.15, -0.1) is 0 Å². The molecule has 1 aromatic carbocycles. The van der Waals surface area contributed by atoms with Crippen molar-refractivity contribution in [3.8, 4) is 5.75 Å². The first-order chi connectivity index (χ1) is 11.4. The predicted molar refractivity (Wildman–Crippen MR) is 83.4 cm³/mol. The number of hydrogen-bond donors (Lipinski definition) is 4. The third-order valence-corrected chi connectivity index (χ3v) is 3.84. The first-order valence-corrected chi connectivity index (χ1v) is 7.40. The van der Waals surface area contributed by atoms with E-state index in [4.69, 9.17) is 4.74 Å². The summed E-state index contributed by atoms with van der Waals surface area (Å²) in [7, 11) is 0. The van der Waals surface area contributed by atoms with Gasteiger partial charge in [0.1, 0.15) is 5.75 Å². The van der Waals surface area contributed by atoms with E-state index in [1.54, 1.807) is 25.1 Å². The van der Waals surface area contributed by atoms with E-state index in [0.29, 0.717) is 17.1 Å². The molecule has 2 atom stereocenters. The number of ether oxygens (including phenoxy) is 1. The summed E-state index contributed by atoms with van der Waals surface area (Å²) < 4.78 is 5.24.